The summed E-state index contributed by atoms with van der Waals surface area (Å²) in [7, 11) is 0. The van der Waals surface area contributed by atoms with Crippen LogP contribution in [0.4, 0.5) is 11.6 Å². The second-order valence-corrected chi connectivity index (χ2v) is 4.50. The van der Waals surface area contributed by atoms with Crippen molar-refractivity contribution in [3.63, 3.8) is 0 Å². The fourth-order valence-corrected chi connectivity index (χ4v) is 1.90. The second-order valence-electron chi connectivity index (χ2n) is 4.50. The molecule has 0 spiro atoms. The molecule has 6 heteroatoms. The summed E-state index contributed by atoms with van der Waals surface area (Å²) in [5, 5.41) is 13.7. The van der Waals surface area contributed by atoms with Gasteiger partial charge < -0.3 is 5.32 Å². The fraction of sp³-hybridized carbons (Fsp3) is 0.333. The Morgan fingerprint density at radius 2 is 1.76 bits per heavy atom. The van der Waals surface area contributed by atoms with Crippen LogP contribution in [0.5, 0.6) is 0 Å². The zero-order chi connectivity index (χ0) is 15.1. The molecular weight excluding hydrogens is 266 g/mol. The van der Waals surface area contributed by atoms with Crippen LogP contribution in [0.25, 0.3) is 0 Å². The normalized spacial score (nSPS) is 10.2. The van der Waals surface area contributed by atoms with Crippen molar-refractivity contribution in [3.05, 3.63) is 41.7 Å². The maximum atomic E-state index is 11.9. The fourth-order valence-electron chi connectivity index (χ4n) is 1.90. The van der Waals surface area contributed by atoms with E-state index in [2.05, 4.69) is 25.8 Å². The van der Waals surface area contributed by atoms with Crippen LogP contribution in [-0.4, -0.2) is 27.6 Å². The number of rotatable bonds is 6. The SMILES string of the molecule is CCc1nnc(NC(=O)CNc2ccccc2)nc1CC. The first kappa shape index (κ1) is 14.9. The summed E-state index contributed by atoms with van der Waals surface area (Å²) in [5.41, 5.74) is 2.64. The smallest absolute Gasteiger partial charge is 0.249 e. The summed E-state index contributed by atoms with van der Waals surface area (Å²) in [6, 6.07) is 9.54. The summed E-state index contributed by atoms with van der Waals surface area (Å²) in [5.74, 6) is 0.0517. The largest absolute Gasteiger partial charge is 0.376 e. The number of carbonyl (C=O) groups is 1. The van der Waals surface area contributed by atoms with Gasteiger partial charge in [-0.15, -0.1) is 10.2 Å². The zero-order valence-corrected chi connectivity index (χ0v) is 12.3. The van der Waals surface area contributed by atoms with Crippen LogP contribution in [-0.2, 0) is 17.6 Å². The lowest BCUT2D eigenvalue weighted by atomic mass is 10.2. The van der Waals surface area contributed by atoms with Gasteiger partial charge in [0.25, 0.3) is 0 Å². The molecule has 0 aliphatic heterocycles. The van der Waals surface area contributed by atoms with Gasteiger partial charge >= 0.3 is 0 Å². The lowest BCUT2D eigenvalue weighted by Crippen LogP contribution is -2.23. The van der Waals surface area contributed by atoms with Crippen molar-refractivity contribution in [2.24, 2.45) is 0 Å². The Hall–Kier alpha value is -2.50. The van der Waals surface area contributed by atoms with Crippen molar-refractivity contribution in [3.8, 4) is 0 Å². The molecule has 0 unspecified atom stereocenters. The van der Waals surface area contributed by atoms with Gasteiger partial charge in [0, 0.05) is 5.69 Å². The summed E-state index contributed by atoms with van der Waals surface area (Å²) in [6.07, 6.45) is 1.55. The predicted octanol–water partition coefficient (Wildman–Crippen LogP) is 2.05. The first-order chi connectivity index (χ1) is 10.2. The molecule has 0 bridgehead atoms. The molecule has 0 aliphatic carbocycles. The lowest BCUT2D eigenvalue weighted by Gasteiger charge is -2.08. The van der Waals surface area contributed by atoms with E-state index < -0.39 is 0 Å². The molecule has 0 saturated carbocycles. The Balaban J connectivity index is 1.93. The summed E-state index contributed by atoms with van der Waals surface area (Å²) < 4.78 is 0. The monoisotopic (exact) mass is 285 g/mol. The van der Waals surface area contributed by atoms with Gasteiger partial charge in [-0.1, -0.05) is 32.0 Å². The highest BCUT2D eigenvalue weighted by molar-refractivity contribution is 5.92. The van der Waals surface area contributed by atoms with Crippen LogP contribution in [0, 0.1) is 0 Å². The van der Waals surface area contributed by atoms with Gasteiger partial charge in [0.05, 0.1) is 17.9 Å². The van der Waals surface area contributed by atoms with Crippen molar-refractivity contribution in [1.82, 2.24) is 15.2 Å². The summed E-state index contributed by atoms with van der Waals surface area (Å²) in [4.78, 5) is 16.2. The quantitative estimate of drug-likeness (QED) is 0.849. The maximum absolute atomic E-state index is 11.9. The molecule has 21 heavy (non-hydrogen) atoms. The minimum Gasteiger partial charge on any atom is -0.376 e. The van der Waals surface area contributed by atoms with E-state index in [0.717, 1.165) is 29.9 Å². The van der Waals surface area contributed by atoms with Crippen LogP contribution >= 0.6 is 0 Å². The van der Waals surface area contributed by atoms with E-state index in [9.17, 15) is 4.79 Å². The molecule has 2 aromatic rings. The van der Waals surface area contributed by atoms with E-state index in [1.165, 1.54) is 0 Å². The number of benzene rings is 1. The average Bonchev–Trinajstić information content (AvgIpc) is 2.53. The lowest BCUT2D eigenvalue weighted by molar-refractivity contribution is -0.114. The summed E-state index contributed by atoms with van der Waals surface area (Å²) >= 11 is 0. The molecule has 110 valence electrons. The van der Waals surface area contributed by atoms with Crippen LogP contribution in [0.1, 0.15) is 25.2 Å². The van der Waals surface area contributed by atoms with Crippen LogP contribution in [0.15, 0.2) is 30.3 Å². The molecule has 0 aliphatic rings. The Kier molecular flexibility index (Phi) is 5.20. The highest BCUT2D eigenvalue weighted by atomic mass is 16.2. The van der Waals surface area contributed by atoms with Gasteiger partial charge in [0.2, 0.25) is 11.9 Å². The standard InChI is InChI=1S/C15H19N5O/c1-3-12-13(4-2)19-20-15(17-12)18-14(21)10-16-11-8-6-5-7-9-11/h5-9,16H,3-4,10H2,1-2H3,(H,17,18,20,21). The molecule has 2 N–H and O–H groups in total. The van der Waals surface area contributed by atoms with E-state index in [4.69, 9.17) is 0 Å². The molecule has 0 saturated heterocycles. The molecule has 1 aromatic heterocycles. The van der Waals surface area contributed by atoms with E-state index in [1.807, 2.05) is 44.2 Å². The van der Waals surface area contributed by atoms with Crippen LogP contribution < -0.4 is 10.6 Å². The van der Waals surface area contributed by atoms with Crippen molar-refractivity contribution in [1.29, 1.82) is 0 Å². The molecule has 1 aromatic carbocycles. The first-order valence-electron chi connectivity index (χ1n) is 7.04. The Morgan fingerprint density at radius 1 is 1.05 bits per heavy atom. The third-order valence-corrected chi connectivity index (χ3v) is 2.99. The number of anilines is 2. The number of nitrogens with zero attached hydrogens (tertiary/aromatic N) is 3. The molecule has 0 radical (unpaired) electrons. The van der Waals surface area contributed by atoms with Crippen molar-refractivity contribution < 1.29 is 4.79 Å². The zero-order valence-electron chi connectivity index (χ0n) is 12.3. The Bertz CT molecular complexity index is 600. The van der Waals surface area contributed by atoms with Gasteiger partial charge in [0.1, 0.15) is 0 Å². The van der Waals surface area contributed by atoms with Crippen LogP contribution in [0.3, 0.4) is 0 Å². The number of carbonyl (C=O) groups excluding carboxylic acids is 1. The van der Waals surface area contributed by atoms with Crippen molar-refractivity contribution in [2.45, 2.75) is 26.7 Å². The number of hydrogen-bond acceptors (Lipinski definition) is 5. The van der Waals surface area contributed by atoms with E-state index >= 15 is 0 Å². The summed E-state index contributed by atoms with van der Waals surface area (Å²) in [6.45, 7) is 4.17. The molecule has 2 rings (SSSR count). The van der Waals surface area contributed by atoms with Gasteiger partial charge in [-0.3, -0.25) is 10.1 Å². The first-order valence-corrected chi connectivity index (χ1v) is 7.04. The molecule has 1 heterocycles. The highest BCUT2D eigenvalue weighted by Crippen LogP contribution is 2.07. The van der Waals surface area contributed by atoms with Crippen molar-refractivity contribution >= 4 is 17.5 Å². The molecule has 1 amide bonds. The predicted molar refractivity (Wildman–Crippen MR) is 82.1 cm³/mol. The number of hydrogen-bond donors (Lipinski definition) is 2. The topological polar surface area (TPSA) is 79.8 Å². The van der Waals surface area contributed by atoms with E-state index in [0.29, 0.717) is 0 Å². The Morgan fingerprint density at radius 3 is 2.43 bits per heavy atom. The molecule has 0 fully saturated rings. The van der Waals surface area contributed by atoms with Gasteiger partial charge in [-0.25, -0.2) is 4.98 Å². The molecular formula is C15H19N5O. The number of amides is 1. The number of nitrogens with one attached hydrogen (secondary N) is 2. The van der Waals surface area contributed by atoms with E-state index in [-0.39, 0.29) is 18.4 Å². The third kappa shape index (κ3) is 4.24. The maximum Gasteiger partial charge on any atom is 0.249 e. The number of aromatic nitrogens is 3. The Labute approximate surface area is 124 Å². The number of aryl methyl sites for hydroxylation is 2. The van der Waals surface area contributed by atoms with Gasteiger partial charge in [-0.05, 0) is 25.0 Å². The van der Waals surface area contributed by atoms with E-state index in [1.54, 1.807) is 0 Å². The third-order valence-electron chi connectivity index (χ3n) is 2.99. The van der Waals surface area contributed by atoms with Crippen molar-refractivity contribution in [2.75, 3.05) is 17.2 Å². The highest BCUT2D eigenvalue weighted by Gasteiger charge is 2.09. The van der Waals surface area contributed by atoms with Gasteiger partial charge in [0.15, 0.2) is 0 Å². The van der Waals surface area contributed by atoms with Crippen LogP contribution in [0.2, 0.25) is 0 Å². The second kappa shape index (κ2) is 7.33. The average molecular weight is 285 g/mol. The minimum absolute atomic E-state index is 0.157. The minimum atomic E-state index is -0.202. The molecule has 6 nitrogen and oxygen atoms in total. The van der Waals surface area contributed by atoms with Gasteiger partial charge in [-0.2, -0.15) is 0 Å². The molecule has 0 atom stereocenters. The number of para-hydroxylation sites is 1.